The molecule has 0 heterocycles. The molecule has 104 valence electrons. The summed E-state index contributed by atoms with van der Waals surface area (Å²) in [5, 5.41) is 3.62. The van der Waals surface area contributed by atoms with Gasteiger partial charge < -0.3 is 11.1 Å². The molecule has 0 spiro atoms. The normalized spacial score (nSPS) is 18.0. The number of nitrogens with one attached hydrogen (secondary N) is 1. The highest BCUT2D eigenvalue weighted by atomic mass is 79.9. The van der Waals surface area contributed by atoms with Crippen LogP contribution in [0.4, 0.5) is 5.69 Å². The second-order valence-electron chi connectivity index (χ2n) is 5.39. The van der Waals surface area contributed by atoms with Gasteiger partial charge in [-0.3, -0.25) is 0 Å². The van der Waals surface area contributed by atoms with E-state index >= 15 is 0 Å². The lowest BCUT2D eigenvalue weighted by Gasteiger charge is -2.29. The van der Waals surface area contributed by atoms with E-state index in [9.17, 15) is 0 Å². The summed E-state index contributed by atoms with van der Waals surface area (Å²) in [5.41, 5.74) is 7.66. The van der Waals surface area contributed by atoms with Gasteiger partial charge in [-0.05, 0) is 59.8 Å². The zero-order valence-electron chi connectivity index (χ0n) is 11.3. The Kier molecular flexibility index (Phi) is 5.22. The molecule has 19 heavy (non-hydrogen) atoms. The van der Waals surface area contributed by atoms with Gasteiger partial charge in [0.25, 0.3) is 0 Å². The molecule has 0 bridgehead atoms. The number of hydrogen-bond acceptors (Lipinski definition) is 2. The van der Waals surface area contributed by atoms with E-state index in [2.05, 4.69) is 34.2 Å². The van der Waals surface area contributed by atoms with Gasteiger partial charge in [-0.25, -0.2) is 0 Å². The molecule has 0 aliphatic heterocycles. The molecule has 1 aromatic carbocycles. The van der Waals surface area contributed by atoms with E-state index in [-0.39, 0.29) is 0 Å². The highest BCUT2D eigenvalue weighted by Crippen LogP contribution is 2.30. The molecule has 2 rings (SSSR count). The van der Waals surface area contributed by atoms with Crippen LogP contribution >= 0.6 is 28.1 Å². The smallest absolute Gasteiger partial charge is 0.104 e. The summed E-state index contributed by atoms with van der Waals surface area (Å²) < 4.78 is 1.03. The van der Waals surface area contributed by atoms with E-state index in [1.54, 1.807) is 0 Å². The summed E-state index contributed by atoms with van der Waals surface area (Å²) in [5.74, 6) is 0.788. The molecule has 2 nitrogen and oxygen atoms in total. The Morgan fingerprint density at radius 2 is 2.05 bits per heavy atom. The first-order chi connectivity index (χ1) is 9.08. The van der Waals surface area contributed by atoms with Gasteiger partial charge in [0, 0.05) is 21.8 Å². The molecular weight excluding hydrogens is 320 g/mol. The van der Waals surface area contributed by atoms with Crippen LogP contribution in [0.5, 0.6) is 0 Å². The third kappa shape index (κ3) is 3.93. The van der Waals surface area contributed by atoms with Crippen LogP contribution in [0.1, 0.15) is 44.6 Å². The fraction of sp³-hybridized carbons (Fsp3) is 0.533. The van der Waals surface area contributed by atoms with Crippen molar-refractivity contribution in [3.05, 3.63) is 28.2 Å². The molecule has 1 saturated carbocycles. The van der Waals surface area contributed by atoms with Crippen molar-refractivity contribution in [2.24, 2.45) is 11.7 Å². The van der Waals surface area contributed by atoms with E-state index < -0.39 is 0 Å². The lowest BCUT2D eigenvalue weighted by Crippen LogP contribution is -2.27. The monoisotopic (exact) mass is 340 g/mol. The van der Waals surface area contributed by atoms with Gasteiger partial charge in [-0.2, -0.15) is 0 Å². The summed E-state index contributed by atoms with van der Waals surface area (Å²) in [6.07, 6.45) is 6.83. The van der Waals surface area contributed by atoms with Gasteiger partial charge in [-0.15, -0.1) is 0 Å². The third-order valence-electron chi connectivity index (χ3n) is 3.99. The minimum absolute atomic E-state index is 0.438. The number of halogens is 1. The van der Waals surface area contributed by atoms with Gasteiger partial charge in [0.15, 0.2) is 0 Å². The second-order valence-corrected chi connectivity index (χ2v) is 6.68. The van der Waals surface area contributed by atoms with Gasteiger partial charge in [0.05, 0.1) is 0 Å². The third-order valence-corrected chi connectivity index (χ3v) is 4.89. The minimum atomic E-state index is 0.438. The molecule has 1 aliphatic rings. The lowest BCUT2D eigenvalue weighted by atomic mass is 9.84. The van der Waals surface area contributed by atoms with Crippen LogP contribution in [0, 0.1) is 5.92 Å². The van der Waals surface area contributed by atoms with E-state index in [1.807, 2.05) is 12.1 Å². The van der Waals surface area contributed by atoms with Crippen LogP contribution in [0.2, 0.25) is 0 Å². The fourth-order valence-electron chi connectivity index (χ4n) is 2.78. The lowest BCUT2D eigenvalue weighted by molar-refractivity contribution is 0.328. The van der Waals surface area contributed by atoms with Crippen molar-refractivity contribution < 1.29 is 0 Å². The predicted molar refractivity (Wildman–Crippen MR) is 89.7 cm³/mol. The molecule has 0 aromatic heterocycles. The van der Waals surface area contributed by atoms with Crippen molar-refractivity contribution in [2.45, 2.75) is 45.1 Å². The zero-order valence-corrected chi connectivity index (χ0v) is 13.7. The number of hydrogen-bond donors (Lipinski definition) is 2. The van der Waals surface area contributed by atoms with Gasteiger partial charge in [0.1, 0.15) is 4.99 Å². The largest absolute Gasteiger partial charge is 0.389 e. The topological polar surface area (TPSA) is 38.0 Å². The number of rotatable bonds is 4. The molecule has 0 amide bonds. The van der Waals surface area contributed by atoms with Gasteiger partial charge in [-0.1, -0.05) is 31.5 Å². The Morgan fingerprint density at radius 3 is 2.63 bits per heavy atom. The van der Waals surface area contributed by atoms with Crippen molar-refractivity contribution in [1.82, 2.24) is 0 Å². The van der Waals surface area contributed by atoms with Crippen LogP contribution < -0.4 is 11.1 Å². The summed E-state index contributed by atoms with van der Waals surface area (Å²) >= 11 is 8.58. The molecule has 0 radical (unpaired) electrons. The highest BCUT2D eigenvalue weighted by molar-refractivity contribution is 9.10. The van der Waals surface area contributed by atoms with Crippen molar-refractivity contribution in [3.8, 4) is 0 Å². The Labute approximate surface area is 129 Å². The van der Waals surface area contributed by atoms with Crippen molar-refractivity contribution in [1.29, 1.82) is 0 Å². The van der Waals surface area contributed by atoms with Crippen LogP contribution in [0.3, 0.4) is 0 Å². The van der Waals surface area contributed by atoms with Crippen LogP contribution in [0.15, 0.2) is 22.7 Å². The number of benzene rings is 1. The molecule has 0 saturated heterocycles. The average Bonchev–Trinajstić information content (AvgIpc) is 2.41. The first-order valence-electron chi connectivity index (χ1n) is 6.94. The van der Waals surface area contributed by atoms with Crippen LogP contribution in [0.25, 0.3) is 0 Å². The maximum Gasteiger partial charge on any atom is 0.104 e. The first-order valence-corrected chi connectivity index (χ1v) is 8.14. The van der Waals surface area contributed by atoms with Crippen molar-refractivity contribution in [3.63, 3.8) is 0 Å². The molecular formula is C15H21BrN2S. The fourth-order valence-corrected chi connectivity index (χ4v) is 3.40. The molecule has 4 heteroatoms. The molecule has 1 aliphatic carbocycles. The minimum Gasteiger partial charge on any atom is -0.389 e. The maximum absolute atomic E-state index is 5.64. The van der Waals surface area contributed by atoms with E-state index in [0.717, 1.165) is 21.6 Å². The summed E-state index contributed by atoms with van der Waals surface area (Å²) in [7, 11) is 0. The zero-order chi connectivity index (χ0) is 13.8. The molecule has 3 N–H and O–H groups in total. The Hall–Kier alpha value is -0.610. The van der Waals surface area contributed by atoms with Crippen molar-refractivity contribution in [2.75, 3.05) is 5.32 Å². The van der Waals surface area contributed by atoms with E-state index in [1.165, 1.54) is 32.1 Å². The van der Waals surface area contributed by atoms with E-state index in [4.69, 9.17) is 18.0 Å². The van der Waals surface area contributed by atoms with E-state index in [0.29, 0.717) is 11.0 Å². The standard InChI is InChI=1S/C15H21BrN2S/c1-10(11-5-3-2-4-6-11)18-14-8-7-12(15(17)19)9-13(14)16/h7-11,18H,2-6H2,1H3,(H2,17,19). The quantitative estimate of drug-likeness (QED) is 0.794. The SMILES string of the molecule is CC(Nc1ccc(C(N)=S)cc1Br)C1CCCCC1. The average molecular weight is 341 g/mol. The van der Waals surface area contributed by atoms with Crippen molar-refractivity contribution >= 4 is 38.8 Å². The maximum atomic E-state index is 5.64. The van der Waals surface area contributed by atoms with Crippen LogP contribution in [-0.2, 0) is 0 Å². The summed E-state index contributed by atoms with van der Waals surface area (Å²) in [6, 6.07) is 6.52. The number of nitrogens with two attached hydrogens (primary N) is 1. The first kappa shape index (κ1) is 14.8. The Morgan fingerprint density at radius 1 is 1.37 bits per heavy atom. The molecule has 1 fully saturated rings. The Balaban J connectivity index is 2.03. The Bertz CT molecular complexity index is 455. The number of thiocarbonyl (C=S) groups is 1. The highest BCUT2D eigenvalue weighted by Gasteiger charge is 2.20. The van der Waals surface area contributed by atoms with Gasteiger partial charge >= 0.3 is 0 Å². The molecule has 1 unspecified atom stereocenters. The number of anilines is 1. The predicted octanol–water partition coefficient (Wildman–Crippen LogP) is 4.46. The summed E-state index contributed by atoms with van der Waals surface area (Å²) in [4.78, 5) is 0.438. The van der Waals surface area contributed by atoms with Gasteiger partial charge in [0.2, 0.25) is 0 Å². The summed E-state index contributed by atoms with van der Waals surface area (Å²) in [6.45, 7) is 2.28. The molecule has 1 aromatic rings. The second kappa shape index (κ2) is 6.71. The van der Waals surface area contributed by atoms with Crippen LogP contribution in [-0.4, -0.2) is 11.0 Å². The molecule has 1 atom stereocenters.